The number of carboxylic acids is 1. The molecule has 1 amide bonds. The maximum absolute atomic E-state index is 13.3. The van der Waals surface area contributed by atoms with Crippen LogP contribution in [0.15, 0.2) is 24.3 Å². The number of alkyl halides is 3. The summed E-state index contributed by atoms with van der Waals surface area (Å²) >= 11 is 0. The number of carbonyl (C=O) groups is 2. The Balaban J connectivity index is 2.00. The first kappa shape index (κ1) is 16.8. The fourth-order valence-electron chi connectivity index (χ4n) is 3.58. The van der Waals surface area contributed by atoms with Gasteiger partial charge in [0.1, 0.15) is 6.04 Å². The van der Waals surface area contributed by atoms with Crippen LogP contribution in [0.5, 0.6) is 0 Å². The molecule has 3 rings (SSSR count). The van der Waals surface area contributed by atoms with Crippen molar-refractivity contribution in [3.05, 3.63) is 35.4 Å². The van der Waals surface area contributed by atoms with E-state index in [0.29, 0.717) is 12.8 Å². The van der Waals surface area contributed by atoms with Crippen molar-refractivity contribution in [2.45, 2.75) is 50.4 Å². The molecule has 130 valence electrons. The first-order chi connectivity index (χ1) is 11.3. The minimum atomic E-state index is -4.54. The SMILES string of the molecule is O=C(O)C1CCC(c2ccccc2C(F)(F)F)N1C(=O)C1CCC1. The summed E-state index contributed by atoms with van der Waals surface area (Å²) in [5.41, 5.74) is -0.811. The van der Waals surface area contributed by atoms with E-state index in [2.05, 4.69) is 0 Å². The molecule has 0 radical (unpaired) electrons. The van der Waals surface area contributed by atoms with Gasteiger partial charge in [0.2, 0.25) is 5.91 Å². The van der Waals surface area contributed by atoms with Crippen molar-refractivity contribution in [2.24, 2.45) is 5.92 Å². The summed E-state index contributed by atoms with van der Waals surface area (Å²) in [4.78, 5) is 25.3. The predicted molar refractivity (Wildman–Crippen MR) is 79.0 cm³/mol. The van der Waals surface area contributed by atoms with Gasteiger partial charge in [-0.1, -0.05) is 24.6 Å². The molecule has 1 N–H and O–H groups in total. The average molecular weight is 341 g/mol. The molecule has 2 unspecified atom stereocenters. The zero-order valence-corrected chi connectivity index (χ0v) is 12.9. The van der Waals surface area contributed by atoms with Crippen LogP contribution < -0.4 is 0 Å². The van der Waals surface area contributed by atoms with Crippen LogP contribution in [-0.4, -0.2) is 27.9 Å². The van der Waals surface area contributed by atoms with Gasteiger partial charge in [-0.15, -0.1) is 0 Å². The van der Waals surface area contributed by atoms with Crippen molar-refractivity contribution in [1.29, 1.82) is 0 Å². The monoisotopic (exact) mass is 341 g/mol. The number of hydrogen-bond donors (Lipinski definition) is 1. The lowest BCUT2D eigenvalue weighted by Gasteiger charge is -2.35. The summed E-state index contributed by atoms with van der Waals surface area (Å²) in [5.74, 6) is -1.74. The second-order valence-electron chi connectivity index (χ2n) is 6.41. The Bertz CT molecular complexity index is 655. The van der Waals surface area contributed by atoms with E-state index in [1.54, 1.807) is 0 Å². The molecule has 0 spiro atoms. The summed E-state index contributed by atoms with van der Waals surface area (Å²) in [7, 11) is 0. The van der Waals surface area contributed by atoms with Gasteiger partial charge in [-0.3, -0.25) is 4.79 Å². The van der Waals surface area contributed by atoms with Crippen LogP contribution in [0, 0.1) is 5.92 Å². The van der Waals surface area contributed by atoms with Crippen LogP contribution in [0.4, 0.5) is 13.2 Å². The van der Waals surface area contributed by atoms with Crippen LogP contribution in [0.25, 0.3) is 0 Å². The highest BCUT2D eigenvalue weighted by molar-refractivity contribution is 5.86. The molecule has 1 aliphatic carbocycles. The van der Waals surface area contributed by atoms with E-state index < -0.39 is 29.8 Å². The molecule has 0 aromatic heterocycles. The second kappa shape index (κ2) is 6.11. The standard InChI is InChI=1S/C17H18F3NO3/c18-17(19,20)12-7-2-1-6-11(12)13-8-9-14(16(23)24)21(13)15(22)10-4-3-5-10/h1-2,6-7,10,13-14H,3-5,8-9H2,(H,23,24). The highest BCUT2D eigenvalue weighted by atomic mass is 19.4. The topological polar surface area (TPSA) is 57.6 Å². The van der Waals surface area contributed by atoms with E-state index >= 15 is 0 Å². The van der Waals surface area contributed by atoms with Crippen molar-refractivity contribution in [3.63, 3.8) is 0 Å². The minimum Gasteiger partial charge on any atom is -0.480 e. The predicted octanol–water partition coefficient (Wildman–Crippen LogP) is 3.62. The summed E-state index contributed by atoms with van der Waals surface area (Å²) in [6.07, 6.45) is -1.90. The molecule has 1 saturated heterocycles. The summed E-state index contributed by atoms with van der Waals surface area (Å²) in [6, 6.07) is 3.23. The third kappa shape index (κ3) is 2.87. The van der Waals surface area contributed by atoms with E-state index in [9.17, 15) is 27.9 Å². The zero-order chi connectivity index (χ0) is 17.5. The first-order valence-corrected chi connectivity index (χ1v) is 8.02. The van der Waals surface area contributed by atoms with Crippen LogP contribution in [0.2, 0.25) is 0 Å². The number of amides is 1. The maximum Gasteiger partial charge on any atom is 0.416 e. The van der Waals surface area contributed by atoms with Crippen molar-refractivity contribution < 1.29 is 27.9 Å². The summed E-state index contributed by atoms with van der Waals surface area (Å²) < 4.78 is 39.9. The maximum atomic E-state index is 13.3. The van der Waals surface area contributed by atoms with Gasteiger partial charge in [0, 0.05) is 5.92 Å². The molecule has 2 atom stereocenters. The Labute approximate surface area is 137 Å². The van der Waals surface area contributed by atoms with Crippen LogP contribution in [0.1, 0.15) is 49.3 Å². The summed E-state index contributed by atoms with van der Waals surface area (Å²) in [5, 5.41) is 9.38. The van der Waals surface area contributed by atoms with Gasteiger partial charge in [-0.25, -0.2) is 4.79 Å². The third-order valence-corrected chi connectivity index (χ3v) is 5.00. The molecule has 1 aliphatic heterocycles. The van der Waals surface area contributed by atoms with E-state index in [-0.39, 0.29) is 30.2 Å². The Morgan fingerprint density at radius 3 is 2.29 bits per heavy atom. The number of carbonyl (C=O) groups excluding carboxylic acids is 1. The lowest BCUT2D eigenvalue weighted by Crippen LogP contribution is -2.46. The number of benzene rings is 1. The highest BCUT2D eigenvalue weighted by Gasteiger charge is 2.47. The van der Waals surface area contributed by atoms with Crippen LogP contribution >= 0.6 is 0 Å². The smallest absolute Gasteiger partial charge is 0.416 e. The molecule has 4 nitrogen and oxygen atoms in total. The van der Waals surface area contributed by atoms with Crippen LogP contribution in [-0.2, 0) is 15.8 Å². The molecule has 24 heavy (non-hydrogen) atoms. The second-order valence-corrected chi connectivity index (χ2v) is 6.41. The minimum absolute atomic E-state index is 0.0126. The molecule has 1 aromatic carbocycles. The number of aliphatic carboxylic acids is 1. The lowest BCUT2D eigenvalue weighted by molar-refractivity contribution is -0.153. The van der Waals surface area contributed by atoms with Gasteiger partial charge in [0.05, 0.1) is 11.6 Å². The van der Waals surface area contributed by atoms with E-state index in [1.165, 1.54) is 23.1 Å². The van der Waals surface area contributed by atoms with Gasteiger partial charge in [-0.2, -0.15) is 13.2 Å². The number of nitrogens with zero attached hydrogens (tertiary/aromatic N) is 1. The van der Waals surface area contributed by atoms with E-state index in [4.69, 9.17) is 0 Å². The Kier molecular flexibility index (Phi) is 4.27. The number of halogens is 3. The molecular weight excluding hydrogens is 323 g/mol. The Morgan fingerprint density at radius 1 is 1.08 bits per heavy atom. The number of hydrogen-bond acceptors (Lipinski definition) is 2. The van der Waals surface area contributed by atoms with Crippen molar-refractivity contribution >= 4 is 11.9 Å². The average Bonchev–Trinajstić information content (AvgIpc) is 2.89. The van der Waals surface area contributed by atoms with Crippen molar-refractivity contribution in [3.8, 4) is 0 Å². The van der Waals surface area contributed by atoms with Crippen molar-refractivity contribution in [1.82, 2.24) is 4.90 Å². The third-order valence-electron chi connectivity index (χ3n) is 5.00. The number of rotatable bonds is 3. The molecule has 2 fully saturated rings. The zero-order valence-electron chi connectivity index (χ0n) is 12.9. The van der Waals surface area contributed by atoms with Crippen molar-refractivity contribution in [2.75, 3.05) is 0 Å². The molecule has 7 heteroatoms. The Hall–Kier alpha value is -2.05. The van der Waals surface area contributed by atoms with Gasteiger partial charge in [0.15, 0.2) is 0 Å². The van der Waals surface area contributed by atoms with Gasteiger partial charge in [0.25, 0.3) is 0 Å². The highest BCUT2D eigenvalue weighted by Crippen LogP contribution is 2.44. The van der Waals surface area contributed by atoms with E-state index in [1.807, 2.05) is 0 Å². The molecule has 1 saturated carbocycles. The van der Waals surface area contributed by atoms with E-state index in [0.717, 1.165) is 12.5 Å². The molecule has 0 bridgehead atoms. The molecule has 2 aliphatic rings. The first-order valence-electron chi connectivity index (χ1n) is 8.02. The lowest BCUT2D eigenvalue weighted by atomic mass is 9.83. The quantitative estimate of drug-likeness (QED) is 0.913. The van der Waals surface area contributed by atoms with Gasteiger partial charge >= 0.3 is 12.1 Å². The van der Waals surface area contributed by atoms with Crippen LogP contribution in [0.3, 0.4) is 0 Å². The number of likely N-dealkylation sites (tertiary alicyclic amines) is 1. The normalized spacial score (nSPS) is 24.7. The Morgan fingerprint density at radius 2 is 1.75 bits per heavy atom. The molecular formula is C17H18F3NO3. The molecule has 1 aromatic rings. The number of carboxylic acid groups (broad SMARTS) is 1. The van der Waals surface area contributed by atoms with Gasteiger partial charge < -0.3 is 10.0 Å². The largest absolute Gasteiger partial charge is 0.480 e. The van der Waals surface area contributed by atoms with Gasteiger partial charge in [-0.05, 0) is 37.3 Å². The summed E-state index contributed by atoms with van der Waals surface area (Å²) in [6.45, 7) is 0. The fraction of sp³-hybridized carbons (Fsp3) is 0.529. The fourth-order valence-corrected chi connectivity index (χ4v) is 3.58. The molecule has 1 heterocycles.